The molecule has 1 heterocycles. The Kier molecular flexibility index (Phi) is 3.82. The minimum absolute atomic E-state index is 0.241. The summed E-state index contributed by atoms with van der Waals surface area (Å²) >= 11 is 0. The van der Waals surface area contributed by atoms with Gasteiger partial charge in [-0.1, -0.05) is 19.4 Å². The molecule has 1 saturated heterocycles. The molecule has 1 rings (SSSR count). The number of hydrogen-bond acceptors (Lipinski definition) is 3. The van der Waals surface area contributed by atoms with Crippen molar-refractivity contribution in [2.24, 2.45) is 0 Å². The lowest BCUT2D eigenvalue weighted by Gasteiger charge is -2.44. The minimum atomic E-state index is -10.0. The van der Waals surface area contributed by atoms with E-state index in [-0.39, 0.29) is 13.1 Å². The fourth-order valence-corrected chi connectivity index (χ4v) is 3.71. The topological polar surface area (TPSA) is 50.8 Å². The summed E-state index contributed by atoms with van der Waals surface area (Å²) in [6.07, 6.45) is 1.22. The summed E-state index contributed by atoms with van der Waals surface area (Å²) in [5.41, 5.74) is -2.62. The zero-order valence-electron chi connectivity index (χ0n) is 11.5. The van der Waals surface area contributed by atoms with Crippen molar-refractivity contribution in [3.05, 3.63) is 21.7 Å². The van der Waals surface area contributed by atoms with Crippen LogP contribution in [0.15, 0.2) is 21.7 Å². The van der Waals surface area contributed by atoms with Gasteiger partial charge in [0.05, 0.1) is 0 Å². The Bertz CT molecular complexity index is 581. The molecule has 1 aliphatic heterocycles. The number of rotatable bonds is 3. The van der Waals surface area contributed by atoms with Crippen molar-refractivity contribution in [2.75, 3.05) is 13.1 Å². The van der Waals surface area contributed by atoms with Crippen LogP contribution in [0, 0.1) is 22.7 Å². The van der Waals surface area contributed by atoms with Gasteiger partial charge in [0.1, 0.15) is 22.6 Å². The number of nitriles is 2. The first-order valence-corrected chi connectivity index (χ1v) is 7.98. The van der Waals surface area contributed by atoms with Crippen LogP contribution in [-0.2, 0) is 0 Å². The summed E-state index contributed by atoms with van der Waals surface area (Å²) in [6.45, 7) is 2.17. The summed E-state index contributed by atoms with van der Waals surface area (Å²) in [6, 6.07) is 2.47. The quantitative estimate of drug-likeness (QED) is 0.417. The van der Waals surface area contributed by atoms with Crippen LogP contribution in [0.2, 0.25) is 0 Å². The van der Waals surface area contributed by atoms with Gasteiger partial charge in [0.2, 0.25) is 0 Å². The zero-order chi connectivity index (χ0) is 16.5. The van der Waals surface area contributed by atoms with Crippen LogP contribution in [0.25, 0.3) is 0 Å². The number of allylic oxidation sites excluding steroid dienone is 3. The Morgan fingerprint density at radius 3 is 1.71 bits per heavy atom. The van der Waals surface area contributed by atoms with Gasteiger partial charge in [0, 0.05) is 24.4 Å². The van der Waals surface area contributed by atoms with Crippen molar-refractivity contribution >= 4 is 10.2 Å². The van der Waals surface area contributed by atoms with Gasteiger partial charge in [0.15, 0.2) is 0 Å². The molecule has 0 aliphatic carbocycles. The summed E-state index contributed by atoms with van der Waals surface area (Å²) in [4.78, 5) is -0.904. The third kappa shape index (κ3) is 3.88. The molecule has 0 aromatic heterocycles. The third-order valence-corrected chi connectivity index (χ3v) is 4.61. The molecule has 1 aliphatic rings. The zero-order valence-corrected chi connectivity index (χ0v) is 12.3. The number of nitrogens with zero attached hydrogens (tertiary/aromatic N) is 3. The molecule has 3 nitrogen and oxygen atoms in total. The number of hydrogen-bond donors (Lipinski definition) is 0. The summed E-state index contributed by atoms with van der Waals surface area (Å²) in [7, 11) is -10.0. The molecule has 0 spiro atoms. The van der Waals surface area contributed by atoms with Crippen LogP contribution < -0.4 is 0 Å². The van der Waals surface area contributed by atoms with Gasteiger partial charge in [-0.2, -0.15) is 10.5 Å². The van der Waals surface area contributed by atoms with Gasteiger partial charge in [-0.05, 0) is 26.7 Å². The molecule has 118 valence electrons. The summed E-state index contributed by atoms with van der Waals surface area (Å²) in [5, 5.41) is 17.3. The van der Waals surface area contributed by atoms with E-state index in [1.54, 1.807) is 0 Å². The first-order chi connectivity index (χ1) is 9.31. The predicted molar refractivity (Wildman–Crippen MR) is 70.6 cm³/mol. The molecule has 0 N–H and O–H groups in total. The van der Waals surface area contributed by atoms with Crippen molar-refractivity contribution in [1.29, 1.82) is 10.5 Å². The van der Waals surface area contributed by atoms with Crippen molar-refractivity contribution in [2.45, 2.75) is 26.7 Å². The Morgan fingerprint density at radius 2 is 1.38 bits per heavy atom. The average Bonchev–Trinajstić information content (AvgIpc) is 2.79. The lowest BCUT2D eigenvalue weighted by Crippen LogP contribution is -2.23. The van der Waals surface area contributed by atoms with E-state index in [0.29, 0.717) is 12.8 Å². The molecular formula is C12H14F5N3S. The maximum absolute atomic E-state index is 13.3. The smallest absolute Gasteiger partial charge is 0.312 e. The van der Waals surface area contributed by atoms with E-state index in [9.17, 15) is 19.4 Å². The van der Waals surface area contributed by atoms with Gasteiger partial charge in [0.25, 0.3) is 0 Å². The van der Waals surface area contributed by atoms with E-state index in [0.717, 1.165) is 13.8 Å². The maximum Gasteiger partial charge on any atom is 0.312 e. The molecule has 0 bridgehead atoms. The molecular weight excluding hydrogens is 313 g/mol. The van der Waals surface area contributed by atoms with Gasteiger partial charge in [-0.15, -0.1) is 0 Å². The first kappa shape index (κ1) is 17.3. The number of likely N-dealkylation sites (tertiary alicyclic amines) is 1. The van der Waals surface area contributed by atoms with E-state index in [4.69, 9.17) is 10.5 Å². The van der Waals surface area contributed by atoms with Gasteiger partial charge < -0.3 is 4.90 Å². The molecule has 0 radical (unpaired) electrons. The van der Waals surface area contributed by atoms with Crippen molar-refractivity contribution < 1.29 is 19.4 Å². The van der Waals surface area contributed by atoms with E-state index in [2.05, 4.69) is 0 Å². The SMILES string of the molecule is CC(=C(C#N)C#N)/C(=C(\C)N1CCCC1)S(F)(F)(F)(F)F. The fraction of sp³-hybridized carbons (Fsp3) is 0.500. The monoisotopic (exact) mass is 327 g/mol. The van der Waals surface area contributed by atoms with Crippen LogP contribution in [0.4, 0.5) is 19.4 Å². The second-order valence-electron chi connectivity index (χ2n) is 4.80. The molecule has 0 aromatic carbocycles. The largest absolute Gasteiger partial charge is 0.374 e. The van der Waals surface area contributed by atoms with E-state index < -0.39 is 32.0 Å². The van der Waals surface area contributed by atoms with Crippen molar-refractivity contribution in [1.82, 2.24) is 4.90 Å². The fourth-order valence-electron chi connectivity index (χ4n) is 2.34. The van der Waals surface area contributed by atoms with E-state index >= 15 is 0 Å². The maximum atomic E-state index is 13.3. The normalized spacial score (nSPS) is 19.8. The third-order valence-electron chi connectivity index (χ3n) is 3.23. The second kappa shape index (κ2) is 4.63. The van der Waals surface area contributed by atoms with Crippen molar-refractivity contribution in [3.8, 4) is 12.1 Å². The average molecular weight is 327 g/mol. The highest BCUT2D eigenvalue weighted by atomic mass is 32.5. The lowest BCUT2D eigenvalue weighted by atomic mass is 10.1. The van der Waals surface area contributed by atoms with Gasteiger partial charge in [-0.25, -0.2) is 0 Å². The minimum Gasteiger partial charge on any atom is -0.374 e. The van der Waals surface area contributed by atoms with Crippen LogP contribution in [0.5, 0.6) is 0 Å². The highest BCUT2D eigenvalue weighted by molar-refractivity contribution is 8.48. The second-order valence-corrected chi connectivity index (χ2v) is 7.15. The molecule has 0 atom stereocenters. The molecule has 21 heavy (non-hydrogen) atoms. The van der Waals surface area contributed by atoms with E-state index in [1.807, 2.05) is 0 Å². The van der Waals surface area contributed by atoms with Gasteiger partial charge in [-0.3, -0.25) is 0 Å². The van der Waals surface area contributed by atoms with Crippen LogP contribution in [0.1, 0.15) is 26.7 Å². The Balaban J connectivity index is 3.71. The highest BCUT2D eigenvalue weighted by Crippen LogP contribution is 3.03. The predicted octanol–water partition coefficient (Wildman–Crippen LogP) is 4.98. The molecule has 1 fully saturated rings. The van der Waals surface area contributed by atoms with Crippen molar-refractivity contribution in [3.63, 3.8) is 0 Å². The Hall–Kier alpha value is -1.74. The molecule has 0 unspecified atom stereocenters. The molecule has 9 heteroatoms. The first-order valence-electron chi connectivity index (χ1n) is 6.03. The van der Waals surface area contributed by atoms with E-state index in [1.165, 1.54) is 17.0 Å². The van der Waals surface area contributed by atoms with Crippen LogP contribution in [0.3, 0.4) is 0 Å². The number of halogens is 5. The molecule has 0 saturated carbocycles. The summed E-state index contributed by atoms with van der Waals surface area (Å²) in [5.74, 6) is 0. The standard InChI is InChI=1S/C12H14F5N3S/c1-9(11(7-18)8-19)12(21(13,14,15,16)17)10(2)20-5-3-4-6-20/h3-6H2,1-2H3/b12-10-. The molecule has 0 amide bonds. The van der Waals surface area contributed by atoms with Crippen LogP contribution >= 0.6 is 10.2 Å². The Morgan fingerprint density at radius 1 is 0.952 bits per heavy atom. The van der Waals surface area contributed by atoms with Gasteiger partial charge >= 0.3 is 10.2 Å². The summed E-state index contributed by atoms with van der Waals surface area (Å²) < 4.78 is 66.6. The molecule has 0 aromatic rings. The van der Waals surface area contributed by atoms with Crippen LogP contribution in [-0.4, -0.2) is 18.0 Å². The lowest BCUT2D eigenvalue weighted by molar-refractivity contribution is 0.369. The Labute approximate surface area is 119 Å². The highest BCUT2D eigenvalue weighted by Gasteiger charge is 2.68.